The second-order valence-corrected chi connectivity index (χ2v) is 29.0. The van der Waals surface area contributed by atoms with Gasteiger partial charge in [-0.25, -0.2) is 0 Å². The van der Waals surface area contributed by atoms with Crippen LogP contribution in [-0.4, -0.2) is 61.9 Å². The van der Waals surface area contributed by atoms with E-state index in [1.807, 2.05) is 11.8 Å². The largest absolute Gasteiger partial charge is 0.466 e. The number of carbonyl (C=O) groups is 2. The number of unbranched alkanes of at least 4 members (excludes halogenated alkanes) is 7. The SMILES string of the molecule is CCCCCC(CCOC(=O)CCC1CCCCC1)CCC(CCC(CCCCC)CCSCC(CCCC)OC(=O)CCC1CCCCC1)NCCCCCC(C)(C)[Si](O)(c1ccccc1)c1ccccc1. The Morgan fingerprint density at radius 3 is 1.70 bits per heavy atom. The summed E-state index contributed by atoms with van der Waals surface area (Å²) in [5, 5.41) is 6.11. The van der Waals surface area contributed by atoms with Crippen LogP contribution >= 0.6 is 11.8 Å². The summed E-state index contributed by atoms with van der Waals surface area (Å²) in [5.41, 5.74) is 0. The molecule has 4 unspecified atom stereocenters. The van der Waals surface area contributed by atoms with Gasteiger partial charge >= 0.3 is 11.9 Å². The lowest BCUT2D eigenvalue weighted by Crippen LogP contribution is -2.65. The second-order valence-electron chi connectivity index (χ2n) is 23.9. The lowest BCUT2D eigenvalue weighted by atomic mass is 9.86. The number of carbonyl (C=O) groups excluding carboxylic acids is 2. The molecule has 0 amide bonds. The van der Waals surface area contributed by atoms with Gasteiger partial charge in [0.2, 0.25) is 0 Å². The number of hydrogen-bond donors (Lipinski definition) is 2. The molecule has 2 aromatic rings. The minimum absolute atomic E-state index is 0.0163. The fourth-order valence-electron chi connectivity index (χ4n) is 12.4. The molecule has 0 aliphatic heterocycles. The van der Waals surface area contributed by atoms with Crippen molar-refractivity contribution in [3.8, 4) is 0 Å². The number of hydrogen-bond acceptors (Lipinski definition) is 7. The van der Waals surface area contributed by atoms with Crippen molar-refractivity contribution in [3.63, 3.8) is 0 Å². The summed E-state index contributed by atoms with van der Waals surface area (Å²) in [6, 6.07) is 21.4. The molecular weight excluding hydrogens is 935 g/mol. The molecule has 416 valence electrons. The highest BCUT2D eigenvalue weighted by Gasteiger charge is 2.49. The monoisotopic (exact) mass is 1050 g/mol. The van der Waals surface area contributed by atoms with E-state index in [1.165, 1.54) is 148 Å². The van der Waals surface area contributed by atoms with Crippen LogP contribution in [-0.2, 0) is 19.1 Å². The van der Waals surface area contributed by atoms with Gasteiger partial charge in [0, 0.05) is 24.6 Å². The van der Waals surface area contributed by atoms with Gasteiger partial charge < -0.3 is 19.6 Å². The fourth-order valence-corrected chi connectivity index (χ4v) is 17.4. The summed E-state index contributed by atoms with van der Waals surface area (Å²) in [4.78, 5) is 38.7. The van der Waals surface area contributed by atoms with E-state index in [2.05, 4.69) is 101 Å². The van der Waals surface area contributed by atoms with Crippen molar-refractivity contribution < 1.29 is 23.9 Å². The van der Waals surface area contributed by atoms with Gasteiger partial charge in [0.15, 0.2) is 0 Å². The van der Waals surface area contributed by atoms with Crippen molar-refractivity contribution >= 4 is 42.4 Å². The van der Waals surface area contributed by atoms with E-state index in [4.69, 9.17) is 9.47 Å². The van der Waals surface area contributed by atoms with Crippen LogP contribution in [0.5, 0.6) is 0 Å². The smallest absolute Gasteiger partial charge is 0.306 e. The number of nitrogens with one attached hydrogen (secondary N) is 1. The number of ether oxygens (including phenoxy) is 2. The Hall–Kier alpha value is -2.13. The van der Waals surface area contributed by atoms with Gasteiger partial charge in [-0.05, 0) is 122 Å². The van der Waals surface area contributed by atoms with E-state index in [0.717, 1.165) is 92.6 Å². The molecule has 0 radical (unpaired) electrons. The normalized spacial score (nSPS) is 16.7. The molecule has 2 fully saturated rings. The summed E-state index contributed by atoms with van der Waals surface area (Å²) < 4.78 is 12.1. The lowest BCUT2D eigenvalue weighted by Gasteiger charge is -2.41. The van der Waals surface area contributed by atoms with Crippen LogP contribution in [0.2, 0.25) is 5.04 Å². The van der Waals surface area contributed by atoms with Gasteiger partial charge in [-0.1, -0.05) is 237 Å². The highest BCUT2D eigenvalue weighted by atomic mass is 32.2. The van der Waals surface area contributed by atoms with Gasteiger partial charge in [0.1, 0.15) is 6.10 Å². The molecule has 2 saturated carbocycles. The minimum atomic E-state index is -3.02. The van der Waals surface area contributed by atoms with Crippen LogP contribution in [0.4, 0.5) is 0 Å². The zero-order chi connectivity index (χ0) is 52.3. The third-order valence-electron chi connectivity index (χ3n) is 17.5. The van der Waals surface area contributed by atoms with E-state index < -0.39 is 8.32 Å². The average Bonchev–Trinajstić information content (AvgIpc) is 3.41. The number of esters is 2. The summed E-state index contributed by atoms with van der Waals surface area (Å²) in [7, 11) is -3.02. The summed E-state index contributed by atoms with van der Waals surface area (Å²) >= 11 is 2.02. The van der Waals surface area contributed by atoms with E-state index >= 15 is 0 Å². The Morgan fingerprint density at radius 2 is 1.15 bits per heavy atom. The van der Waals surface area contributed by atoms with E-state index in [1.54, 1.807) is 0 Å². The molecule has 6 nitrogen and oxygen atoms in total. The lowest BCUT2D eigenvalue weighted by molar-refractivity contribution is -0.148. The van der Waals surface area contributed by atoms with Gasteiger partial charge in [-0.3, -0.25) is 9.59 Å². The summed E-state index contributed by atoms with van der Waals surface area (Å²) in [6.45, 7) is 13.1. The maximum absolute atomic E-state index is 13.0. The highest BCUT2D eigenvalue weighted by molar-refractivity contribution is 7.99. The second kappa shape index (κ2) is 38.4. The highest BCUT2D eigenvalue weighted by Crippen LogP contribution is 2.40. The van der Waals surface area contributed by atoms with Crippen LogP contribution < -0.4 is 15.7 Å². The minimum Gasteiger partial charge on any atom is -0.466 e. The number of rotatable bonds is 42. The van der Waals surface area contributed by atoms with Crippen LogP contribution in [0.3, 0.4) is 0 Å². The third-order valence-corrected chi connectivity index (χ3v) is 23.1. The molecule has 0 spiro atoms. The molecule has 8 heteroatoms. The van der Waals surface area contributed by atoms with Crippen molar-refractivity contribution in [2.75, 3.05) is 24.7 Å². The van der Waals surface area contributed by atoms with Crippen LogP contribution in [0, 0.1) is 23.7 Å². The topological polar surface area (TPSA) is 84.9 Å². The van der Waals surface area contributed by atoms with E-state index in [9.17, 15) is 14.4 Å². The molecule has 4 rings (SSSR count). The average molecular weight is 1050 g/mol. The first kappa shape index (κ1) is 63.4. The molecule has 0 aromatic heterocycles. The van der Waals surface area contributed by atoms with Crippen LogP contribution in [0.1, 0.15) is 259 Å². The van der Waals surface area contributed by atoms with E-state index in [-0.39, 0.29) is 23.1 Å². The molecule has 2 aliphatic carbocycles. The summed E-state index contributed by atoms with van der Waals surface area (Å²) in [6.07, 6.45) is 41.2. The van der Waals surface area contributed by atoms with Gasteiger partial charge in [0.05, 0.1) is 6.61 Å². The zero-order valence-corrected chi connectivity index (χ0v) is 49.6. The Kier molecular flexibility index (Phi) is 33.4. The predicted molar refractivity (Wildman–Crippen MR) is 317 cm³/mol. The van der Waals surface area contributed by atoms with E-state index in [0.29, 0.717) is 49.2 Å². The molecule has 2 N–H and O–H groups in total. The standard InChI is InChI=1S/C65H111NO5SSi/c1-6-9-17-29-57(48-52-70-63(67)46-42-55-31-19-12-20-32-55)40-44-59(66-51-28-16-27-50-65(4,5)73(69,61-36-23-14-24-37-61)62-38-25-15-26-39-62)45-41-58(30-18-10-7-2)49-53-72-54-60(35-11-8-3)71-64(68)47-43-56-33-21-13-22-34-56/h14-15,23-26,36-39,55-60,66,69H,6-13,16-22,27-35,40-54H2,1-5H3. The van der Waals surface area contributed by atoms with Crippen molar-refractivity contribution in [2.24, 2.45) is 23.7 Å². The molecule has 0 bridgehead atoms. The van der Waals surface area contributed by atoms with Crippen LogP contribution in [0.25, 0.3) is 0 Å². The third kappa shape index (κ3) is 25.7. The first-order chi connectivity index (χ1) is 35.6. The van der Waals surface area contributed by atoms with Crippen molar-refractivity contribution in [1.82, 2.24) is 5.32 Å². The Morgan fingerprint density at radius 1 is 0.616 bits per heavy atom. The maximum Gasteiger partial charge on any atom is 0.306 e. The molecule has 0 heterocycles. The molecular formula is C65H111NO5SSi. The number of thioether (sulfide) groups is 1. The first-order valence-corrected chi connectivity index (χ1v) is 34.2. The molecule has 73 heavy (non-hydrogen) atoms. The molecule has 2 aromatic carbocycles. The molecule has 4 atom stereocenters. The van der Waals surface area contributed by atoms with Gasteiger partial charge in [0.25, 0.3) is 8.32 Å². The predicted octanol–water partition coefficient (Wildman–Crippen LogP) is 16.9. The van der Waals surface area contributed by atoms with Crippen molar-refractivity contribution in [3.05, 3.63) is 60.7 Å². The van der Waals surface area contributed by atoms with Gasteiger partial charge in [-0.15, -0.1) is 0 Å². The Bertz CT molecular complexity index is 1630. The maximum atomic E-state index is 13.0. The van der Waals surface area contributed by atoms with Crippen molar-refractivity contribution in [1.29, 1.82) is 0 Å². The quantitative estimate of drug-likeness (QED) is 0.0389. The molecule has 2 aliphatic rings. The summed E-state index contributed by atoms with van der Waals surface area (Å²) in [5.74, 6) is 4.83. The molecule has 0 saturated heterocycles. The van der Waals surface area contributed by atoms with Crippen LogP contribution in [0.15, 0.2) is 60.7 Å². The van der Waals surface area contributed by atoms with Crippen molar-refractivity contribution in [2.45, 2.75) is 277 Å². The first-order valence-electron chi connectivity index (χ1n) is 31.1. The Labute approximate surface area is 454 Å². The Balaban J connectivity index is 1.35. The zero-order valence-electron chi connectivity index (χ0n) is 47.8. The number of benzene rings is 2. The fraction of sp³-hybridized carbons (Fsp3) is 0.785. The van der Waals surface area contributed by atoms with Gasteiger partial charge in [-0.2, -0.15) is 11.8 Å².